The molecule has 12 nitrogen and oxygen atoms in total. The van der Waals surface area contributed by atoms with Gasteiger partial charge in [0.1, 0.15) is 11.6 Å². The van der Waals surface area contributed by atoms with Crippen molar-refractivity contribution in [3.8, 4) is 0 Å². The molecule has 12 rings (SSSR count). The fourth-order valence-corrected chi connectivity index (χ4v) is 17.0. The van der Waals surface area contributed by atoms with Crippen molar-refractivity contribution in [2.24, 2.45) is 5.92 Å². The number of carboxylic acids is 2. The van der Waals surface area contributed by atoms with Gasteiger partial charge in [0.05, 0.1) is 35.2 Å². The first-order valence-corrected chi connectivity index (χ1v) is 26.9. The second-order valence-corrected chi connectivity index (χ2v) is 23.7. The van der Waals surface area contributed by atoms with E-state index < -0.39 is 11.9 Å². The predicted molar refractivity (Wildman–Crippen MR) is 262 cm³/mol. The van der Waals surface area contributed by atoms with Crippen LogP contribution in [-0.2, 0) is 15.0 Å². The molecule has 8 heterocycles. The lowest BCUT2D eigenvalue weighted by atomic mass is 9.56. The number of fused-ring (bicyclic) bond motifs is 8. The summed E-state index contributed by atoms with van der Waals surface area (Å²) in [5.41, 5.74) is 6.60. The van der Waals surface area contributed by atoms with Crippen LogP contribution in [0.4, 0.5) is 0 Å². The summed E-state index contributed by atoms with van der Waals surface area (Å²) in [6.07, 6.45) is 24.0. The van der Waals surface area contributed by atoms with E-state index in [2.05, 4.69) is 85.2 Å². The largest absolute Gasteiger partial charge is 0.480 e. The molecule has 6 aliphatic heterocycles. The van der Waals surface area contributed by atoms with Gasteiger partial charge in [0.15, 0.2) is 0 Å². The average molecular weight is 913 g/mol. The minimum absolute atomic E-state index is 0.0870. The standard InChI is InChI=1S/C55H76N8O4/c1-54-21-8-16-41(28-43(30-54)62-47-19-4-3-18-46(47)56-52(62)37-12-9-23-59(32-37)34-49(64)65)63(54)44-25-36-11-7-22-55(29-36,31-44)45-17-6-20-48-51(45)57-53(38-13-10-24-60(33-38)35-50(66)67)61(48)42-26-39-14-5-15-40(27-42)58(39)2/h3-4,6,17-20,36-44H,5,7-16,21-35H2,1-2H3,(H,64,65)(H,66,67)/t36-,37-,38+,39-,40?,41+,42?,43-,44-,54+,55+/m1/s1. The summed E-state index contributed by atoms with van der Waals surface area (Å²) in [4.78, 5) is 45.2. The monoisotopic (exact) mass is 913 g/mol. The molecule has 6 bridgehead atoms. The van der Waals surface area contributed by atoms with Crippen LogP contribution in [-0.4, -0.2) is 137 Å². The maximum atomic E-state index is 12.0. The number of likely N-dealkylation sites (tertiary alicyclic amines) is 2. The van der Waals surface area contributed by atoms with Gasteiger partial charge in [-0.3, -0.25) is 24.3 Å². The maximum absolute atomic E-state index is 12.0. The van der Waals surface area contributed by atoms with Crippen LogP contribution in [0.5, 0.6) is 0 Å². The van der Waals surface area contributed by atoms with E-state index in [9.17, 15) is 19.8 Å². The second-order valence-electron chi connectivity index (χ2n) is 23.7. The highest BCUT2D eigenvalue weighted by Gasteiger charge is 2.55. The van der Waals surface area contributed by atoms with Crippen molar-refractivity contribution >= 4 is 34.0 Å². The number of benzene rings is 2. The van der Waals surface area contributed by atoms with Crippen LogP contribution in [0.25, 0.3) is 22.1 Å². The third-order valence-corrected chi connectivity index (χ3v) is 19.5. The van der Waals surface area contributed by atoms with Crippen molar-refractivity contribution in [1.29, 1.82) is 0 Å². The van der Waals surface area contributed by atoms with E-state index in [1.165, 1.54) is 124 Å². The van der Waals surface area contributed by atoms with Crippen molar-refractivity contribution in [1.82, 2.24) is 38.7 Å². The van der Waals surface area contributed by atoms with Crippen LogP contribution in [0, 0.1) is 5.92 Å². The smallest absolute Gasteiger partial charge is 0.317 e. The molecule has 0 amide bonds. The van der Waals surface area contributed by atoms with E-state index >= 15 is 0 Å². The van der Waals surface area contributed by atoms with Crippen molar-refractivity contribution in [2.75, 3.05) is 46.3 Å². The quantitative estimate of drug-likeness (QED) is 0.159. The van der Waals surface area contributed by atoms with E-state index in [0.29, 0.717) is 42.2 Å². The van der Waals surface area contributed by atoms with Crippen LogP contribution in [0.3, 0.4) is 0 Å². The minimum Gasteiger partial charge on any atom is -0.480 e. The Morgan fingerprint density at radius 2 is 1.27 bits per heavy atom. The predicted octanol–water partition coefficient (Wildman–Crippen LogP) is 9.34. The van der Waals surface area contributed by atoms with Crippen LogP contribution in [0.2, 0.25) is 0 Å². The lowest BCUT2D eigenvalue weighted by molar-refractivity contribution is -0.139. The summed E-state index contributed by atoms with van der Waals surface area (Å²) in [5.74, 6) is 2.12. The highest BCUT2D eigenvalue weighted by Crippen LogP contribution is 2.57. The molecule has 2 aromatic carbocycles. The van der Waals surface area contributed by atoms with E-state index in [4.69, 9.17) is 9.97 Å². The molecule has 12 heteroatoms. The highest BCUT2D eigenvalue weighted by molar-refractivity contribution is 5.82. The van der Waals surface area contributed by atoms with Crippen LogP contribution < -0.4 is 0 Å². The number of rotatable bonds is 10. The molecule has 2 aliphatic carbocycles. The van der Waals surface area contributed by atoms with Crippen LogP contribution in [0.15, 0.2) is 42.5 Å². The molecule has 2 saturated carbocycles. The summed E-state index contributed by atoms with van der Waals surface area (Å²) in [6.45, 7) is 6.06. The number of imidazole rings is 2. The number of nitrogens with zero attached hydrogens (tertiary/aromatic N) is 8. The zero-order valence-corrected chi connectivity index (χ0v) is 40.4. The van der Waals surface area contributed by atoms with Crippen molar-refractivity contribution < 1.29 is 19.8 Å². The molecule has 2 unspecified atom stereocenters. The molecule has 11 atom stereocenters. The molecule has 360 valence electrons. The molecular formula is C55H76N8O4. The molecule has 8 fully saturated rings. The van der Waals surface area contributed by atoms with Crippen molar-refractivity contribution in [3.05, 3.63) is 59.7 Å². The number of aliphatic carboxylic acids is 2. The van der Waals surface area contributed by atoms with Gasteiger partial charge in [0.25, 0.3) is 0 Å². The first kappa shape index (κ1) is 44.4. The third-order valence-electron chi connectivity index (χ3n) is 19.5. The molecule has 4 aromatic rings. The normalized spacial score (nSPS) is 36.7. The Kier molecular flexibility index (Phi) is 11.6. The third kappa shape index (κ3) is 7.96. The molecule has 2 aromatic heterocycles. The van der Waals surface area contributed by atoms with Gasteiger partial charge in [0.2, 0.25) is 0 Å². The fourth-order valence-electron chi connectivity index (χ4n) is 17.0. The Morgan fingerprint density at radius 3 is 1.99 bits per heavy atom. The van der Waals surface area contributed by atoms with Gasteiger partial charge >= 0.3 is 11.9 Å². The van der Waals surface area contributed by atoms with Crippen molar-refractivity contribution in [2.45, 2.75) is 194 Å². The first-order valence-electron chi connectivity index (χ1n) is 26.9. The number of piperidine rings is 6. The number of hydrogen-bond acceptors (Lipinski definition) is 8. The van der Waals surface area contributed by atoms with E-state index in [-0.39, 0.29) is 35.9 Å². The van der Waals surface area contributed by atoms with Gasteiger partial charge in [-0.15, -0.1) is 0 Å². The fraction of sp³-hybridized carbons (Fsp3) is 0.709. The Balaban J connectivity index is 0.887. The van der Waals surface area contributed by atoms with Crippen LogP contribution >= 0.6 is 0 Å². The number of para-hydroxylation sites is 3. The van der Waals surface area contributed by atoms with E-state index in [1.807, 2.05) is 0 Å². The van der Waals surface area contributed by atoms with E-state index in [1.54, 1.807) is 0 Å². The lowest BCUT2D eigenvalue weighted by Gasteiger charge is -2.62. The van der Waals surface area contributed by atoms with Crippen LogP contribution in [0.1, 0.15) is 176 Å². The molecule has 0 spiro atoms. The summed E-state index contributed by atoms with van der Waals surface area (Å²) in [7, 11) is 2.36. The summed E-state index contributed by atoms with van der Waals surface area (Å²) < 4.78 is 5.40. The second kappa shape index (κ2) is 17.5. The Labute approximate surface area is 397 Å². The summed E-state index contributed by atoms with van der Waals surface area (Å²) in [6, 6.07) is 19.1. The van der Waals surface area contributed by atoms with Gasteiger partial charge < -0.3 is 24.2 Å². The number of carboxylic acid groups (broad SMARTS) is 2. The topological polar surface area (TPSA) is 123 Å². The number of hydrogen-bond donors (Lipinski definition) is 2. The van der Waals surface area contributed by atoms with Gasteiger partial charge in [0, 0.05) is 66.7 Å². The Bertz CT molecular complexity index is 2490. The first-order chi connectivity index (χ1) is 32.5. The number of carbonyl (C=O) groups is 2. The van der Waals surface area contributed by atoms with Gasteiger partial charge in [-0.2, -0.15) is 0 Å². The Hall–Kier alpha value is -3.84. The van der Waals surface area contributed by atoms with Gasteiger partial charge in [-0.25, -0.2) is 9.97 Å². The zero-order chi connectivity index (χ0) is 45.6. The van der Waals surface area contributed by atoms with Gasteiger partial charge in [-0.1, -0.05) is 49.9 Å². The van der Waals surface area contributed by atoms with Crippen molar-refractivity contribution in [3.63, 3.8) is 0 Å². The summed E-state index contributed by atoms with van der Waals surface area (Å²) >= 11 is 0. The molecule has 8 aliphatic rings. The maximum Gasteiger partial charge on any atom is 0.317 e. The number of aromatic nitrogens is 4. The zero-order valence-electron chi connectivity index (χ0n) is 40.4. The molecule has 0 radical (unpaired) electrons. The van der Waals surface area contributed by atoms with Gasteiger partial charge in [-0.05, 0) is 165 Å². The SMILES string of the molecule is CN1C2CCC[C@@H]1CC(n1c([C@H]3CCCN(CC(=O)O)C3)nc3c([C@]45CCC[C@H](C[C@@H](N6[C@H]7CCC[C@@]6(C)C[C@H](n6c([C@@H]8CCCN(CC(=O)O)C8)nc8ccccc86)C7)C4)C5)cccc31)C2. The molecule has 2 N–H and O–H groups in total. The minimum atomic E-state index is -0.743. The molecular weight excluding hydrogens is 837 g/mol. The Morgan fingerprint density at radius 1 is 0.627 bits per heavy atom. The lowest BCUT2D eigenvalue weighted by Crippen LogP contribution is -2.65. The average Bonchev–Trinajstić information content (AvgIpc) is 3.88. The highest BCUT2D eigenvalue weighted by atomic mass is 16.4. The molecule has 67 heavy (non-hydrogen) atoms. The summed E-state index contributed by atoms with van der Waals surface area (Å²) in [5, 5.41) is 19.6. The van der Waals surface area contributed by atoms with E-state index in [0.717, 1.165) is 70.2 Å². The molecule has 6 saturated heterocycles.